The van der Waals surface area contributed by atoms with Crippen LogP contribution in [0, 0.1) is 0 Å². The number of rotatable bonds is 0. The molecule has 0 aromatic heterocycles. The Labute approximate surface area is 47.3 Å². The molecule has 2 heteroatoms. The molecular formula is C4H9FPt. The summed E-state index contributed by atoms with van der Waals surface area (Å²) in [6, 6.07) is 0. The Balaban J connectivity index is 3.17. The van der Waals surface area contributed by atoms with Crippen LogP contribution in [0.15, 0.2) is 0 Å². The summed E-state index contributed by atoms with van der Waals surface area (Å²) in [7, 11) is 0. The summed E-state index contributed by atoms with van der Waals surface area (Å²) in [5, 5.41) is 0. The molecule has 0 saturated heterocycles. The minimum absolute atomic E-state index is 0.0139. The molecule has 0 saturated carbocycles. The van der Waals surface area contributed by atoms with Gasteiger partial charge in [-0.2, -0.15) is 0 Å². The first kappa shape index (κ1) is 6.62. The van der Waals surface area contributed by atoms with Crippen molar-refractivity contribution in [1.29, 1.82) is 0 Å². The first-order valence-electron chi connectivity index (χ1n) is 1.78. The average molecular weight is 271 g/mol. The van der Waals surface area contributed by atoms with Crippen LogP contribution in [0.1, 0.15) is 20.8 Å². The minimum atomic E-state index is -1.04. The monoisotopic (exact) mass is 271 g/mol. The van der Waals surface area contributed by atoms with Gasteiger partial charge < -0.3 is 0 Å². The Kier molecular flexibility index (Phi) is 2.28. The van der Waals surface area contributed by atoms with Gasteiger partial charge in [0.2, 0.25) is 0 Å². The third-order valence-electron chi connectivity index (χ3n) is 0.179. The molecule has 0 N–H and O–H groups in total. The van der Waals surface area contributed by atoms with Crippen molar-refractivity contribution in [1.82, 2.24) is 0 Å². The quantitative estimate of drug-likeness (QED) is 0.633. The Morgan fingerprint density at radius 1 is 1.33 bits per heavy atom. The van der Waals surface area contributed by atoms with Gasteiger partial charge in [-0.3, -0.25) is 0 Å². The van der Waals surface area contributed by atoms with E-state index >= 15 is 0 Å². The van der Waals surface area contributed by atoms with E-state index in [1.807, 2.05) is 20.8 Å². The van der Waals surface area contributed by atoms with E-state index < -0.39 is 19.1 Å². The van der Waals surface area contributed by atoms with Gasteiger partial charge in [-0.1, -0.05) is 0 Å². The molecule has 0 aliphatic heterocycles. The van der Waals surface area contributed by atoms with E-state index in [1.165, 1.54) is 0 Å². The molecule has 0 bridgehead atoms. The molecule has 0 rings (SSSR count). The molecule has 0 aliphatic carbocycles. The van der Waals surface area contributed by atoms with Crippen molar-refractivity contribution in [2.45, 2.75) is 24.6 Å². The zero-order valence-electron chi connectivity index (χ0n) is 4.19. The van der Waals surface area contributed by atoms with E-state index in [1.54, 1.807) is 0 Å². The molecule has 0 heterocycles. The van der Waals surface area contributed by atoms with E-state index in [4.69, 9.17) is 0 Å². The molecule has 0 unspecified atom stereocenters. The summed E-state index contributed by atoms with van der Waals surface area (Å²) in [6.07, 6.45) is 0. The molecule has 0 fully saturated rings. The van der Waals surface area contributed by atoms with Crippen LogP contribution in [-0.2, 0) is 19.1 Å². The third kappa shape index (κ3) is 4.62. The van der Waals surface area contributed by atoms with Gasteiger partial charge >= 0.3 is 46.8 Å². The number of halogens is 1. The van der Waals surface area contributed by atoms with Crippen LogP contribution >= 0.6 is 0 Å². The maximum atomic E-state index is 11.6. The molecule has 0 radical (unpaired) electrons. The van der Waals surface area contributed by atoms with Gasteiger partial charge in [0.25, 0.3) is 0 Å². The van der Waals surface area contributed by atoms with Crippen LogP contribution in [0.3, 0.4) is 0 Å². The summed E-state index contributed by atoms with van der Waals surface area (Å²) in [5.74, 6) is 0. The van der Waals surface area contributed by atoms with Gasteiger partial charge in [-0.25, -0.2) is 0 Å². The van der Waals surface area contributed by atoms with Crippen molar-refractivity contribution >= 4 is 0 Å². The first-order valence-corrected chi connectivity index (χ1v) is 3.77. The summed E-state index contributed by atoms with van der Waals surface area (Å²) in [6.45, 7) is 5.75. The Morgan fingerprint density at radius 2 is 1.50 bits per heavy atom. The van der Waals surface area contributed by atoms with Gasteiger partial charge in [-0.05, 0) is 0 Å². The maximum absolute atomic E-state index is 11.6. The van der Waals surface area contributed by atoms with Gasteiger partial charge in [0.1, 0.15) is 0 Å². The molecule has 0 amide bonds. The standard InChI is InChI=1S/C4H9.FH.Pt/c1-4(2)3;;/h1-3H3;1H;/q;;+1/p-1. The van der Waals surface area contributed by atoms with Gasteiger partial charge in [0, 0.05) is 0 Å². The molecule has 0 aliphatic rings. The van der Waals surface area contributed by atoms with Crippen LogP contribution in [0.2, 0.25) is 3.80 Å². The van der Waals surface area contributed by atoms with Crippen molar-refractivity contribution in [2.24, 2.45) is 0 Å². The molecule has 42 valence electrons. The molecule has 0 atom stereocenters. The molecule has 6 heavy (non-hydrogen) atoms. The SMILES string of the molecule is C[C](C)(C)[Pt][F]. The summed E-state index contributed by atoms with van der Waals surface area (Å²) < 4.78 is 11.6. The topological polar surface area (TPSA) is 0 Å². The molecular weight excluding hydrogens is 262 g/mol. The fourth-order valence-electron chi connectivity index (χ4n) is 0. The van der Waals surface area contributed by atoms with E-state index in [9.17, 15) is 3.16 Å². The van der Waals surface area contributed by atoms with Crippen molar-refractivity contribution in [3.05, 3.63) is 0 Å². The van der Waals surface area contributed by atoms with Gasteiger partial charge in [-0.15, -0.1) is 0 Å². The van der Waals surface area contributed by atoms with Crippen LogP contribution in [0.5, 0.6) is 0 Å². The summed E-state index contributed by atoms with van der Waals surface area (Å²) in [5.41, 5.74) is 0. The summed E-state index contributed by atoms with van der Waals surface area (Å²) >= 11 is -1.04. The Morgan fingerprint density at radius 3 is 1.50 bits per heavy atom. The predicted octanol–water partition coefficient (Wildman–Crippen LogP) is 2.17. The molecule has 0 spiro atoms. The second-order valence-electron chi connectivity index (χ2n) is 2.03. The van der Waals surface area contributed by atoms with Crippen molar-refractivity contribution < 1.29 is 22.2 Å². The van der Waals surface area contributed by atoms with Gasteiger partial charge in [0.05, 0.1) is 0 Å². The van der Waals surface area contributed by atoms with E-state index in [2.05, 4.69) is 0 Å². The van der Waals surface area contributed by atoms with Gasteiger partial charge in [0.15, 0.2) is 0 Å². The Bertz CT molecular complexity index is 37.3. The van der Waals surface area contributed by atoms with E-state index in [0.29, 0.717) is 0 Å². The van der Waals surface area contributed by atoms with E-state index in [0.717, 1.165) is 0 Å². The third-order valence-corrected chi connectivity index (χ3v) is 1.47. The van der Waals surface area contributed by atoms with Crippen LogP contribution in [-0.4, -0.2) is 0 Å². The zero-order valence-corrected chi connectivity index (χ0v) is 6.47. The van der Waals surface area contributed by atoms with Crippen LogP contribution in [0.4, 0.5) is 3.16 Å². The number of hydrogen-bond acceptors (Lipinski definition) is 0. The second-order valence-corrected chi connectivity index (χ2v) is 5.87. The summed E-state index contributed by atoms with van der Waals surface area (Å²) in [4.78, 5) is 0. The molecule has 0 aromatic carbocycles. The average Bonchev–Trinajstić information content (AvgIpc) is 1.35. The normalized spacial score (nSPS) is 12.7. The van der Waals surface area contributed by atoms with E-state index in [-0.39, 0.29) is 3.80 Å². The number of hydrogen-bond donors (Lipinski definition) is 0. The molecule has 0 nitrogen and oxygen atoms in total. The molecule has 0 aromatic rings. The predicted molar refractivity (Wildman–Crippen MR) is 20.8 cm³/mol. The van der Waals surface area contributed by atoms with Crippen molar-refractivity contribution in [3.8, 4) is 0 Å². The van der Waals surface area contributed by atoms with Crippen molar-refractivity contribution in [2.75, 3.05) is 0 Å². The first-order chi connectivity index (χ1) is 2.56. The van der Waals surface area contributed by atoms with Crippen LogP contribution in [0.25, 0.3) is 0 Å². The fraction of sp³-hybridized carbons (Fsp3) is 1.00. The Hall–Kier alpha value is 0.618. The van der Waals surface area contributed by atoms with Crippen molar-refractivity contribution in [3.63, 3.8) is 0 Å². The zero-order chi connectivity index (χ0) is 5.21. The second kappa shape index (κ2) is 2.06. The van der Waals surface area contributed by atoms with Crippen LogP contribution < -0.4 is 0 Å². The fourth-order valence-corrected chi connectivity index (χ4v) is 0.